The maximum Gasteiger partial charge on any atom is 0.222 e. The molecule has 0 aliphatic heterocycles. The van der Waals surface area contributed by atoms with Gasteiger partial charge in [0, 0.05) is 25.4 Å². The molecule has 3 heteroatoms. The average Bonchev–Trinajstić information content (AvgIpc) is 2.63. The number of hydrogen-bond acceptors (Lipinski definition) is 1. The topological polar surface area (TPSA) is 20.3 Å². The number of nitrogens with zero attached hydrogens (tertiary/aromatic N) is 1. The number of halogens is 1. The second-order valence-corrected chi connectivity index (χ2v) is 5.86. The summed E-state index contributed by atoms with van der Waals surface area (Å²) in [6.07, 6.45) is 10.8. The molecule has 0 aromatic carbocycles. The van der Waals surface area contributed by atoms with Gasteiger partial charge < -0.3 is 4.90 Å². The van der Waals surface area contributed by atoms with E-state index in [1.807, 2.05) is 4.90 Å². The fourth-order valence-corrected chi connectivity index (χ4v) is 2.96. The number of alkyl halides is 1. The van der Waals surface area contributed by atoms with Crippen molar-refractivity contribution in [3.8, 4) is 0 Å². The first-order valence-electron chi connectivity index (χ1n) is 7.61. The van der Waals surface area contributed by atoms with Gasteiger partial charge in [0.1, 0.15) is 0 Å². The number of carbonyl (C=O) groups is 1. The largest absolute Gasteiger partial charge is 0.342 e. The van der Waals surface area contributed by atoms with Crippen molar-refractivity contribution < 1.29 is 4.79 Å². The Hall–Kier alpha value is -0.240. The van der Waals surface area contributed by atoms with E-state index in [1.165, 1.54) is 38.5 Å². The van der Waals surface area contributed by atoms with Gasteiger partial charge >= 0.3 is 0 Å². The van der Waals surface area contributed by atoms with Crippen molar-refractivity contribution in [2.24, 2.45) is 5.92 Å². The zero-order valence-electron chi connectivity index (χ0n) is 11.8. The summed E-state index contributed by atoms with van der Waals surface area (Å²) >= 11 is 5.79. The molecule has 1 fully saturated rings. The molecule has 0 heterocycles. The second-order valence-electron chi connectivity index (χ2n) is 5.49. The van der Waals surface area contributed by atoms with Crippen LogP contribution in [0.5, 0.6) is 0 Å². The van der Waals surface area contributed by atoms with Gasteiger partial charge in [0.15, 0.2) is 0 Å². The molecule has 0 unspecified atom stereocenters. The van der Waals surface area contributed by atoms with Crippen molar-refractivity contribution in [1.82, 2.24) is 4.90 Å². The molecular weight excluding hydrogens is 246 g/mol. The smallest absolute Gasteiger partial charge is 0.222 e. The van der Waals surface area contributed by atoms with Crippen molar-refractivity contribution in [1.29, 1.82) is 0 Å². The molecule has 1 aliphatic carbocycles. The number of hydrogen-bond donors (Lipinski definition) is 0. The first-order chi connectivity index (χ1) is 8.77. The van der Waals surface area contributed by atoms with Crippen LogP contribution in [0.2, 0.25) is 0 Å². The molecule has 0 spiro atoms. The Morgan fingerprint density at radius 1 is 1.17 bits per heavy atom. The minimum Gasteiger partial charge on any atom is -0.342 e. The van der Waals surface area contributed by atoms with Gasteiger partial charge in [0.25, 0.3) is 0 Å². The summed E-state index contributed by atoms with van der Waals surface area (Å²) in [7, 11) is 0. The fraction of sp³-hybridized carbons (Fsp3) is 0.933. The van der Waals surface area contributed by atoms with E-state index in [0.29, 0.717) is 24.2 Å². The van der Waals surface area contributed by atoms with Gasteiger partial charge in [-0.2, -0.15) is 0 Å². The number of rotatable bonds is 7. The summed E-state index contributed by atoms with van der Waals surface area (Å²) in [4.78, 5) is 14.3. The predicted molar refractivity (Wildman–Crippen MR) is 78.0 cm³/mol. The molecule has 1 rings (SSSR count). The Morgan fingerprint density at radius 2 is 1.83 bits per heavy atom. The average molecular weight is 274 g/mol. The van der Waals surface area contributed by atoms with E-state index in [-0.39, 0.29) is 0 Å². The van der Waals surface area contributed by atoms with E-state index in [2.05, 4.69) is 6.92 Å². The molecule has 0 atom stereocenters. The van der Waals surface area contributed by atoms with Gasteiger partial charge in [0.2, 0.25) is 5.91 Å². The summed E-state index contributed by atoms with van der Waals surface area (Å²) in [5, 5.41) is 0. The van der Waals surface area contributed by atoms with Crippen molar-refractivity contribution in [2.75, 3.05) is 19.0 Å². The van der Waals surface area contributed by atoms with Crippen LogP contribution in [0, 0.1) is 5.92 Å². The van der Waals surface area contributed by atoms with Crippen LogP contribution in [0.4, 0.5) is 0 Å². The Morgan fingerprint density at radius 3 is 2.39 bits per heavy atom. The maximum atomic E-state index is 12.3. The highest BCUT2D eigenvalue weighted by Gasteiger charge is 2.19. The van der Waals surface area contributed by atoms with Crippen molar-refractivity contribution in [2.45, 2.75) is 64.7 Å². The second kappa shape index (κ2) is 9.66. The van der Waals surface area contributed by atoms with Gasteiger partial charge in [0.05, 0.1) is 0 Å². The standard InChI is InChI=1S/C15H28ClNO/c1-2-3-11-17(12-10-16)15(18)13-14-8-6-4-5-7-9-14/h14H,2-13H2,1H3. The Bertz CT molecular complexity index is 225. The number of carbonyl (C=O) groups excluding carboxylic acids is 1. The third kappa shape index (κ3) is 6.08. The molecule has 0 aromatic rings. The highest BCUT2D eigenvalue weighted by atomic mass is 35.5. The van der Waals surface area contributed by atoms with E-state index < -0.39 is 0 Å². The lowest BCUT2D eigenvalue weighted by Crippen LogP contribution is -2.34. The lowest BCUT2D eigenvalue weighted by Gasteiger charge is -2.24. The van der Waals surface area contributed by atoms with Gasteiger partial charge in [-0.1, -0.05) is 39.0 Å². The van der Waals surface area contributed by atoms with Gasteiger partial charge in [-0.15, -0.1) is 11.6 Å². The molecule has 106 valence electrons. The lowest BCUT2D eigenvalue weighted by atomic mass is 9.96. The fourth-order valence-electron chi connectivity index (χ4n) is 2.76. The van der Waals surface area contributed by atoms with Gasteiger partial charge in [-0.05, 0) is 25.2 Å². The Kier molecular flexibility index (Phi) is 8.49. The molecule has 1 aliphatic rings. The van der Waals surface area contributed by atoms with Crippen LogP contribution in [-0.4, -0.2) is 29.8 Å². The number of unbranched alkanes of at least 4 members (excludes halogenated alkanes) is 1. The van der Waals surface area contributed by atoms with Crippen LogP contribution in [0.15, 0.2) is 0 Å². The lowest BCUT2D eigenvalue weighted by molar-refractivity contribution is -0.132. The third-order valence-corrected chi connectivity index (χ3v) is 4.10. The van der Waals surface area contributed by atoms with Gasteiger partial charge in [-0.25, -0.2) is 0 Å². The molecule has 0 radical (unpaired) electrons. The summed E-state index contributed by atoms with van der Waals surface area (Å²) in [6, 6.07) is 0. The zero-order valence-corrected chi connectivity index (χ0v) is 12.6. The first-order valence-corrected chi connectivity index (χ1v) is 8.15. The van der Waals surface area contributed by atoms with E-state index >= 15 is 0 Å². The molecule has 1 saturated carbocycles. The molecule has 0 saturated heterocycles. The van der Waals surface area contributed by atoms with E-state index in [1.54, 1.807) is 0 Å². The summed E-state index contributed by atoms with van der Waals surface area (Å²) in [5.41, 5.74) is 0. The molecule has 0 bridgehead atoms. The summed E-state index contributed by atoms with van der Waals surface area (Å²) in [5.74, 6) is 1.51. The van der Waals surface area contributed by atoms with Crippen LogP contribution in [0.1, 0.15) is 64.7 Å². The summed E-state index contributed by atoms with van der Waals surface area (Å²) < 4.78 is 0. The highest BCUT2D eigenvalue weighted by molar-refractivity contribution is 6.18. The van der Waals surface area contributed by atoms with Crippen molar-refractivity contribution >= 4 is 17.5 Å². The molecule has 2 nitrogen and oxygen atoms in total. The SMILES string of the molecule is CCCCN(CCCl)C(=O)CC1CCCCCC1. The minimum atomic E-state index is 0.330. The zero-order chi connectivity index (χ0) is 13.2. The van der Waals surface area contributed by atoms with Crippen molar-refractivity contribution in [3.05, 3.63) is 0 Å². The van der Waals surface area contributed by atoms with Crippen LogP contribution >= 0.6 is 11.6 Å². The van der Waals surface area contributed by atoms with Crippen LogP contribution < -0.4 is 0 Å². The first kappa shape index (κ1) is 15.8. The van der Waals surface area contributed by atoms with Crippen LogP contribution in [0.3, 0.4) is 0 Å². The highest BCUT2D eigenvalue weighted by Crippen LogP contribution is 2.26. The molecule has 0 aromatic heterocycles. The minimum absolute atomic E-state index is 0.330. The predicted octanol–water partition coefficient (Wildman–Crippen LogP) is 4.21. The Balaban J connectivity index is 2.38. The number of amides is 1. The van der Waals surface area contributed by atoms with Crippen molar-refractivity contribution in [3.63, 3.8) is 0 Å². The maximum absolute atomic E-state index is 12.3. The monoisotopic (exact) mass is 273 g/mol. The molecule has 1 amide bonds. The molecule has 18 heavy (non-hydrogen) atoms. The quantitative estimate of drug-likeness (QED) is 0.502. The summed E-state index contributed by atoms with van der Waals surface area (Å²) in [6.45, 7) is 3.76. The molecular formula is C15H28ClNO. The normalized spacial score (nSPS) is 17.4. The molecule has 0 N–H and O–H groups in total. The van der Waals surface area contributed by atoms with Crippen LogP contribution in [-0.2, 0) is 4.79 Å². The van der Waals surface area contributed by atoms with Crippen LogP contribution in [0.25, 0.3) is 0 Å². The van der Waals surface area contributed by atoms with E-state index in [4.69, 9.17) is 11.6 Å². The third-order valence-electron chi connectivity index (χ3n) is 3.93. The van der Waals surface area contributed by atoms with E-state index in [9.17, 15) is 4.79 Å². The Labute approximate surface area is 117 Å². The van der Waals surface area contributed by atoms with Gasteiger partial charge in [-0.3, -0.25) is 4.79 Å². The van der Waals surface area contributed by atoms with E-state index in [0.717, 1.165) is 25.8 Å².